The summed E-state index contributed by atoms with van der Waals surface area (Å²) in [6.07, 6.45) is 3.92. The minimum atomic E-state index is -3.57. The molecule has 3 nitrogen and oxygen atoms in total. The first kappa shape index (κ1) is 14.0. The fourth-order valence-electron chi connectivity index (χ4n) is 2.43. The molecule has 100 valence electrons. The molecular weight excluding hydrogens is 321 g/mol. The number of nitrogens with two attached hydrogens (primary N) is 1. The standard InChI is InChI=1S/C12H15BrFNO2S/c1-18(16,17)11-9(13)5-8(6-10(11)14)12(7-15)3-2-4-12/h5-6H,2-4,7,15H2,1H3. The molecule has 2 N–H and O–H groups in total. The molecule has 1 saturated carbocycles. The van der Waals surface area contributed by atoms with E-state index in [0.717, 1.165) is 31.1 Å². The van der Waals surface area contributed by atoms with Gasteiger partial charge in [-0.2, -0.15) is 0 Å². The van der Waals surface area contributed by atoms with E-state index in [4.69, 9.17) is 5.73 Å². The van der Waals surface area contributed by atoms with E-state index in [9.17, 15) is 12.8 Å². The summed E-state index contributed by atoms with van der Waals surface area (Å²) >= 11 is 3.15. The highest BCUT2D eigenvalue weighted by atomic mass is 79.9. The van der Waals surface area contributed by atoms with Crippen molar-refractivity contribution in [3.05, 3.63) is 28.0 Å². The molecule has 1 aromatic carbocycles. The third kappa shape index (κ3) is 2.21. The first-order valence-corrected chi connectivity index (χ1v) is 8.38. The van der Waals surface area contributed by atoms with Gasteiger partial charge in [0.05, 0.1) is 0 Å². The fourth-order valence-corrected chi connectivity index (χ4v) is 4.58. The largest absolute Gasteiger partial charge is 0.330 e. The van der Waals surface area contributed by atoms with Gasteiger partial charge in [-0.15, -0.1) is 0 Å². The first-order chi connectivity index (χ1) is 8.30. The average molecular weight is 336 g/mol. The van der Waals surface area contributed by atoms with Crippen molar-refractivity contribution in [2.45, 2.75) is 29.6 Å². The molecule has 18 heavy (non-hydrogen) atoms. The van der Waals surface area contributed by atoms with Crippen molar-refractivity contribution in [3.63, 3.8) is 0 Å². The van der Waals surface area contributed by atoms with Crippen molar-refractivity contribution in [2.24, 2.45) is 5.73 Å². The molecule has 6 heteroatoms. The molecule has 0 spiro atoms. The SMILES string of the molecule is CS(=O)(=O)c1c(F)cc(C2(CN)CCC2)cc1Br. The number of hydrogen-bond acceptors (Lipinski definition) is 3. The van der Waals surface area contributed by atoms with Gasteiger partial charge in [-0.3, -0.25) is 0 Å². The fraction of sp³-hybridized carbons (Fsp3) is 0.500. The molecule has 0 aromatic heterocycles. The van der Waals surface area contributed by atoms with Crippen molar-refractivity contribution >= 4 is 25.8 Å². The maximum atomic E-state index is 14.0. The first-order valence-electron chi connectivity index (χ1n) is 5.70. The molecule has 0 radical (unpaired) electrons. The maximum absolute atomic E-state index is 14.0. The predicted molar refractivity (Wildman–Crippen MR) is 71.8 cm³/mol. The van der Waals surface area contributed by atoms with E-state index in [1.807, 2.05) is 0 Å². The molecule has 0 saturated heterocycles. The molecular formula is C12H15BrFNO2S. The van der Waals surface area contributed by atoms with Gasteiger partial charge in [0.25, 0.3) is 0 Å². The molecule has 0 bridgehead atoms. The average Bonchev–Trinajstić information content (AvgIpc) is 2.12. The predicted octanol–water partition coefficient (Wildman–Crippen LogP) is 2.37. The molecule has 0 unspecified atom stereocenters. The zero-order valence-electron chi connectivity index (χ0n) is 10.0. The summed E-state index contributed by atoms with van der Waals surface area (Å²) in [5.41, 5.74) is 6.37. The van der Waals surface area contributed by atoms with Gasteiger partial charge < -0.3 is 5.73 Å². The van der Waals surface area contributed by atoms with E-state index in [-0.39, 0.29) is 14.8 Å². The van der Waals surface area contributed by atoms with Crippen LogP contribution in [0, 0.1) is 5.82 Å². The Balaban J connectivity index is 2.56. The smallest absolute Gasteiger partial charge is 0.179 e. The van der Waals surface area contributed by atoms with E-state index < -0.39 is 15.7 Å². The van der Waals surface area contributed by atoms with E-state index in [1.54, 1.807) is 6.07 Å². The van der Waals surface area contributed by atoms with E-state index >= 15 is 0 Å². The molecule has 1 aliphatic rings. The summed E-state index contributed by atoms with van der Waals surface area (Å²) in [5, 5.41) is 0. The summed E-state index contributed by atoms with van der Waals surface area (Å²) in [4.78, 5) is -0.280. The molecule has 0 amide bonds. The Morgan fingerprint density at radius 2 is 2.06 bits per heavy atom. The van der Waals surface area contributed by atoms with E-state index in [0.29, 0.717) is 6.54 Å². The molecule has 0 aliphatic heterocycles. The van der Waals surface area contributed by atoms with Crippen LogP contribution < -0.4 is 5.73 Å². The lowest BCUT2D eigenvalue weighted by molar-refractivity contribution is 0.252. The number of rotatable bonds is 3. The van der Waals surface area contributed by atoms with Crippen molar-refractivity contribution in [3.8, 4) is 0 Å². The number of benzene rings is 1. The minimum Gasteiger partial charge on any atom is -0.330 e. The molecule has 2 rings (SSSR count). The molecule has 1 aromatic rings. The highest BCUT2D eigenvalue weighted by Gasteiger charge is 2.38. The maximum Gasteiger partial charge on any atom is 0.179 e. The van der Waals surface area contributed by atoms with Gasteiger partial charge in [-0.1, -0.05) is 6.42 Å². The Morgan fingerprint density at radius 1 is 1.44 bits per heavy atom. The lowest BCUT2D eigenvalue weighted by Gasteiger charge is -2.41. The quantitative estimate of drug-likeness (QED) is 0.922. The van der Waals surface area contributed by atoms with Crippen molar-refractivity contribution in [1.82, 2.24) is 0 Å². The third-order valence-corrected chi connectivity index (χ3v) is 5.73. The van der Waals surface area contributed by atoms with Crippen LogP contribution in [0.25, 0.3) is 0 Å². The van der Waals surface area contributed by atoms with Gasteiger partial charge in [0.2, 0.25) is 0 Å². The molecule has 1 fully saturated rings. The molecule has 0 atom stereocenters. The Bertz CT molecular complexity index is 553. The van der Waals surface area contributed by atoms with Crippen molar-refractivity contribution in [2.75, 3.05) is 12.8 Å². The zero-order chi connectivity index (χ0) is 13.6. The van der Waals surface area contributed by atoms with Crippen LogP contribution in [0.5, 0.6) is 0 Å². The highest BCUT2D eigenvalue weighted by Crippen LogP contribution is 2.44. The van der Waals surface area contributed by atoms with Crippen molar-refractivity contribution < 1.29 is 12.8 Å². The Morgan fingerprint density at radius 3 is 2.39 bits per heavy atom. The van der Waals surface area contributed by atoms with Crippen LogP contribution in [0.2, 0.25) is 0 Å². The minimum absolute atomic E-state index is 0.181. The summed E-state index contributed by atoms with van der Waals surface area (Å²) in [6, 6.07) is 3.00. The Labute approximate surface area is 115 Å². The number of sulfone groups is 1. The van der Waals surface area contributed by atoms with Crippen LogP contribution in [-0.4, -0.2) is 21.2 Å². The number of halogens is 2. The van der Waals surface area contributed by atoms with Crippen LogP contribution in [0.15, 0.2) is 21.5 Å². The van der Waals surface area contributed by atoms with Gasteiger partial charge in [-0.05, 0) is 46.5 Å². The summed E-state index contributed by atoms with van der Waals surface area (Å²) in [7, 11) is -3.57. The van der Waals surface area contributed by atoms with Crippen molar-refractivity contribution in [1.29, 1.82) is 0 Å². The number of hydrogen-bond donors (Lipinski definition) is 1. The highest BCUT2D eigenvalue weighted by molar-refractivity contribution is 9.10. The summed E-state index contributed by atoms with van der Waals surface area (Å²) in [5.74, 6) is -0.707. The second-order valence-corrected chi connectivity index (χ2v) is 7.69. The second kappa shape index (κ2) is 4.58. The Kier molecular flexibility index (Phi) is 3.55. The summed E-state index contributed by atoms with van der Waals surface area (Å²) < 4.78 is 37.2. The van der Waals surface area contributed by atoms with Gasteiger partial charge >= 0.3 is 0 Å². The monoisotopic (exact) mass is 335 g/mol. The third-order valence-electron chi connectivity index (χ3n) is 3.68. The van der Waals surface area contributed by atoms with Crippen LogP contribution in [-0.2, 0) is 15.3 Å². The van der Waals surface area contributed by atoms with E-state index in [1.165, 1.54) is 6.07 Å². The van der Waals surface area contributed by atoms with Crippen LogP contribution in [0.4, 0.5) is 4.39 Å². The van der Waals surface area contributed by atoms with Gasteiger partial charge in [0.15, 0.2) is 9.84 Å². The topological polar surface area (TPSA) is 60.2 Å². The Hall–Kier alpha value is -0.460. The molecule has 0 heterocycles. The van der Waals surface area contributed by atoms with Gasteiger partial charge in [-0.25, -0.2) is 12.8 Å². The normalized spacial score (nSPS) is 18.4. The van der Waals surface area contributed by atoms with Crippen LogP contribution in [0.3, 0.4) is 0 Å². The lowest BCUT2D eigenvalue weighted by atomic mass is 9.64. The summed E-state index contributed by atoms with van der Waals surface area (Å²) in [6.45, 7) is 0.455. The van der Waals surface area contributed by atoms with Gasteiger partial charge in [0, 0.05) is 22.7 Å². The van der Waals surface area contributed by atoms with Crippen LogP contribution in [0.1, 0.15) is 24.8 Å². The van der Waals surface area contributed by atoms with Crippen LogP contribution >= 0.6 is 15.9 Å². The zero-order valence-corrected chi connectivity index (χ0v) is 12.4. The van der Waals surface area contributed by atoms with E-state index in [2.05, 4.69) is 15.9 Å². The van der Waals surface area contributed by atoms with Gasteiger partial charge in [0.1, 0.15) is 10.7 Å². The lowest BCUT2D eigenvalue weighted by Crippen LogP contribution is -2.41. The second-order valence-electron chi connectivity index (χ2n) is 4.88. The molecule has 1 aliphatic carbocycles.